The Morgan fingerprint density at radius 1 is 1.05 bits per heavy atom. The van der Waals surface area contributed by atoms with Gasteiger partial charge in [0.1, 0.15) is 17.5 Å². The molecule has 0 heterocycles. The molecule has 0 amide bonds. The van der Waals surface area contributed by atoms with Crippen LogP contribution in [0, 0.1) is 17.5 Å². The fourth-order valence-corrected chi connectivity index (χ4v) is 3.04. The van der Waals surface area contributed by atoms with Gasteiger partial charge >= 0.3 is 0 Å². The zero-order chi connectivity index (χ0) is 15.7. The van der Waals surface area contributed by atoms with Gasteiger partial charge in [-0.2, -0.15) is 0 Å². The van der Waals surface area contributed by atoms with Crippen LogP contribution >= 0.6 is 0 Å². The summed E-state index contributed by atoms with van der Waals surface area (Å²) in [6.07, 6.45) is 5.13. The zero-order valence-corrected chi connectivity index (χ0v) is 12.4. The van der Waals surface area contributed by atoms with E-state index in [0.717, 1.165) is 18.4 Å². The summed E-state index contributed by atoms with van der Waals surface area (Å²) < 4.78 is 42.1. The van der Waals surface area contributed by atoms with Crippen molar-refractivity contribution in [2.75, 3.05) is 0 Å². The lowest BCUT2D eigenvalue weighted by atomic mass is 9.86. The highest BCUT2D eigenvalue weighted by atomic mass is 19.1. The second-order valence-corrected chi connectivity index (χ2v) is 5.69. The first-order chi connectivity index (χ1) is 10.6. The van der Waals surface area contributed by atoms with Crippen LogP contribution in [0.5, 0.6) is 0 Å². The first-order valence-corrected chi connectivity index (χ1v) is 7.53. The summed E-state index contributed by atoms with van der Waals surface area (Å²) in [5.41, 5.74) is 2.82. The third-order valence-corrected chi connectivity index (χ3v) is 4.13. The number of allylic oxidation sites excluding steroid dienone is 2. The van der Waals surface area contributed by atoms with Gasteiger partial charge in [0, 0.05) is 0 Å². The molecule has 0 aromatic heterocycles. The molecule has 2 aromatic carbocycles. The van der Waals surface area contributed by atoms with Crippen LogP contribution in [0.2, 0.25) is 0 Å². The normalized spacial score (nSPS) is 13.7. The fraction of sp³-hybridized carbons (Fsp3) is 0.263. The molecule has 0 aliphatic heterocycles. The molecular formula is C19H17F3. The number of hydrogen-bond acceptors (Lipinski definition) is 0. The molecule has 0 saturated heterocycles. The minimum atomic E-state index is -0.583. The molecule has 0 fully saturated rings. The molecule has 114 valence electrons. The summed E-state index contributed by atoms with van der Waals surface area (Å²) in [4.78, 5) is 0. The minimum absolute atomic E-state index is 0.0638. The molecule has 0 nitrogen and oxygen atoms in total. The molecular weight excluding hydrogens is 285 g/mol. The Balaban J connectivity index is 2.05. The van der Waals surface area contributed by atoms with Gasteiger partial charge in [0.05, 0.1) is 5.56 Å². The zero-order valence-electron chi connectivity index (χ0n) is 12.4. The second-order valence-electron chi connectivity index (χ2n) is 5.69. The van der Waals surface area contributed by atoms with Crippen molar-refractivity contribution in [1.82, 2.24) is 0 Å². The molecule has 3 rings (SSSR count). The lowest BCUT2D eigenvalue weighted by Crippen LogP contribution is -2.08. The molecule has 1 aliphatic carbocycles. The quantitative estimate of drug-likeness (QED) is 0.648. The Hall–Kier alpha value is -2.03. The van der Waals surface area contributed by atoms with Gasteiger partial charge < -0.3 is 0 Å². The Labute approximate surface area is 128 Å². The largest absolute Gasteiger partial charge is 0.207 e. The van der Waals surface area contributed by atoms with Crippen LogP contribution < -0.4 is 0 Å². The maximum absolute atomic E-state index is 14.8. The average molecular weight is 302 g/mol. The maximum atomic E-state index is 14.8. The number of fused-ring (bicyclic) bond motifs is 1. The summed E-state index contributed by atoms with van der Waals surface area (Å²) in [6.45, 7) is 2.09. The maximum Gasteiger partial charge on any atom is 0.137 e. The molecule has 0 atom stereocenters. The van der Waals surface area contributed by atoms with Gasteiger partial charge in [-0.1, -0.05) is 37.1 Å². The van der Waals surface area contributed by atoms with E-state index in [1.54, 1.807) is 0 Å². The van der Waals surface area contributed by atoms with E-state index < -0.39 is 17.5 Å². The number of halogens is 3. The van der Waals surface area contributed by atoms with Crippen molar-refractivity contribution in [2.45, 2.75) is 32.6 Å². The molecule has 0 radical (unpaired) electrons. The van der Waals surface area contributed by atoms with Crippen LogP contribution in [-0.4, -0.2) is 0 Å². The Morgan fingerprint density at radius 2 is 1.77 bits per heavy atom. The molecule has 0 saturated carbocycles. The smallest absolute Gasteiger partial charge is 0.137 e. The molecule has 22 heavy (non-hydrogen) atoms. The van der Waals surface area contributed by atoms with Gasteiger partial charge in [-0.15, -0.1) is 0 Å². The van der Waals surface area contributed by atoms with Crippen LogP contribution in [0.25, 0.3) is 11.1 Å². The molecule has 0 unspecified atom stereocenters. The van der Waals surface area contributed by atoms with Crippen molar-refractivity contribution in [3.63, 3.8) is 0 Å². The van der Waals surface area contributed by atoms with Crippen LogP contribution in [0.3, 0.4) is 0 Å². The van der Waals surface area contributed by atoms with Crippen molar-refractivity contribution >= 4 is 0 Å². The standard InChI is InChI=1S/C19H17F3/c1-2-3-12-4-9-16-14(10-12)11-17(21)18(19(16)22)13-5-7-15(20)8-6-13/h4-8,11H,2-3,9-10H2,1H3. The number of benzene rings is 2. The lowest BCUT2D eigenvalue weighted by molar-refractivity contribution is 0.575. The highest BCUT2D eigenvalue weighted by Gasteiger charge is 2.22. The van der Waals surface area contributed by atoms with Crippen molar-refractivity contribution < 1.29 is 13.2 Å². The Morgan fingerprint density at radius 3 is 2.45 bits per heavy atom. The first-order valence-electron chi connectivity index (χ1n) is 7.53. The van der Waals surface area contributed by atoms with E-state index in [9.17, 15) is 13.2 Å². The van der Waals surface area contributed by atoms with Gasteiger partial charge in [-0.05, 0) is 54.2 Å². The number of rotatable bonds is 3. The van der Waals surface area contributed by atoms with Gasteiger partial charge in [-0.25, -0.2) is 13.2 Å². The highest BCUT2D eigenvalue weighted by Crippen LogP contribution is 2.34. The average Bonchev–Trinajstić information content (AvgIpc) is 2.49. The van der Waals surface area contributed by atoms with Crippen LogP contribution in [-0.2, 0) is 12.8 Å². The van der Waals surface area contributed by atoms with Crippen LogP contribution in [0.4, 0.5) is 13.2 Å². The van der Waals surface area contributed by atoms with E-state index in [-0.39, 0.29) is 5.56 Å². The van der Waals surface area contributed by atoms with Gasteiger partial charge in [0.2, 0.25) is 0 Å². The van der Waals surface area contributed by atoms with Crippen molar-refractivity contribution in [2.24, 2.45) is 0 Å². The van der Waals surface area contributed by atoms with E-state index in [4.69, 9.17) is 0 Å². The third kappa shape index (κ3) is 2.68. The Kier molecular flexibility index (Phi) is 4.06. The molecule has 0 spiro atoms. The first kappa shape index (κ1) is 14.9. The molecule has 1 aliphatic rings. The predicted octanol–water partition coefficient (Wildman–Crippen LogP) is 5.60. The summed E-state index contributed by atoms with van der Waals surface area (Å²) >= 11 is 0. The van der Waals surface area contributed by atoms with Gasteiger partial charge in [-0.3, -0.25) is 0 Å². The van der Waals surface area contributed by atoms with E-state index in [2.05, 4.69) is 6.92 Å². The summed E-state index contributed by atoms with van der Waals surface area (Å²) in [5, 5.41) is 0. The molecule has 0 N–H and O–H groups in total. The number of hydrogen-bond donors (Lipinski definition) is 0. The molecule has 2 aromatic rings. The van der Waals surface area contributed by atoms with Crippen molar-refractivity contribution in [3.8, 4) is 11.1 Å². The monoisotopic (exact) mass is 302 g/mol. The van der Waals surface area contributed by atoms with Gasteiger partial charge in [0.25, 0.3) is 0 Å². The molecule has 3 heteroatoms. The van der Waals surface area contributed by atoms with Crippen LogP contribution in [0.1, 0.15) is 30.9 Å². The van der Waals surface area contributed by atoms with Crippen molar-refractivity contribution in [1.29, 1.82) is 0 Å². The van der Waals surface area contributed by atoms with E-state index in [0.29, 0.717) is 24.0 Å². The van der Waals surface area contributed by atoms with E-state index in [1.165, 1.54) is 35.9 Å². The summed E-state index contributed by atoms with van der Waals surface area (Å²) in [5.74, 6) is -1.52. The van der Waals surface area contributed by atoms with Gasteiger partial charge in [0.15, 0.2) is 0 Å². The SMILES string of the molecule is CCCC1=CCc2c(cc(F)c(-c3ccc(F)cc3)c2F)C1. The third-order valence-electron chi connectivity index (χ3n) is 4.13. The summed E-state index contributed by atoms with van der Waals surface area (Å²) in [7, 11) is 0. The lowest BCUT2D eigenvalue weighted by Gasteiger charge is -2.20. The van der Waals surface area contributed by atoms with E-state index >= 15 is 0 Å². The molecule has 0 bridgehead atoms. The van der Waals surface area contributed by atoms with Crippen LogP contribution in [0.15, 0.2) is 42.0 Å². The topological polar surface area (TPSA) is 0 Å². The minimum Gasteiger partial charge on any atom is -0.207 e. The second kappa shape index (κ2) is 5.99. The van der Waals surface area contributed by atoms with Crippen molar-refractivity contribution in [3.05, 3.63) is 70.6 Å². The highest BCUT2D eigenvalue weighted by molar-refractivity contribution is 5.67. The Bertz CT molecular complexity index is 727. The fourth-order valence-electron chi connectivity index (χ4n) is 3.04. The summed E-state index contributed by atoms with van der Waals surface area (Å²) in [6, 6.07) is 6.67. The van der Waals surface area contributed by atoms with E-state index in [1.807, 2.05) is 6.08 Å². The predicted molar refractivity (Wildman–Crippen MR) is 82.2 cm³/mol.